The van der Waals surface area contributed by atoms with Gasteiger partial charge in [0.25, 0.3) is 5.89 Å². The molecule has 0 aliphatic carbocycles. The summed E-state index contributed by atoms with van der Waals surface area (Å²) < 4.78 is 65.0. The van der Waals surface area contributed by atoms with Gasteiger partial charge in [0.05, 0.1) is 12.1 Å². The number of hydrogen-bond donors (Lipinski definition) is 1. The molecule has 0 spiro atoms. The van der Waals surface area contributed by atoms with Gasteiger partial charge in [-0.2, -0.15) is 18.2 Å². The minimum Gasteiger partial charge on any atom is -0.491 e. The van der Waals surface area contributed by atoms with Crippen LogP contribution in [-0.2, 0) is 10.6 Å². The van der Waals surface area contributed by atoms with Crippen molar-refractivity contribution in [3.63, 3.8) is 0 Å². The van der Waals surface area contributed by atoms with Crippen molar-refractivity contribution < 1.29 is 31.4 Å². The average Bonchev–Trinajstić information content (AvgIpc) is 3.53. The number of hydrogen-bond acceptors (Lipinski definition) is 8. The summed E-state index contributed by atoms with van der Waals surface area (Å²) in [4.78, 5) is 4.19. The van der Waals surface area contributed by atoms with Crippen molar-refractivity contribution in [2.45, 2.75) is 57.2 Å². The second-order valence-corrected chi connectivity index (χ2v) is 15.8. The third kappa shape index (κ3) is 5.11. The number of aromatic nitrogens is 3. The molecule has 1 aliphatic heterocycles. The molecule has 0 amide bonds. The van der Waals surface area contributed by atoms with Crippen LogP contribution in [0.25, 0.3) is 34.3 Å². The van der Waals surface area contributed by atoms with Crippen LogP contribution >= 0.6 is 0 Å². The summed E-state index contributed by atoms with van der Waals surface area (Å²) in [6, 6.07) is 12.9. The molecule has 39 heavy (non-hydrogen) atoms. The third-order valence-electron chi connectivity index (χ3n) is 7.27. The predicted molar refractivity (Wildman–Crippen MR) is 140 cm³/mol. The molecule has 2 atom stereocenters. The first-order valence-corrected chi connectivity index (χ1v) is 15.3. The number of nitrogens with two attached hydrogens (primary N) is 1. The van der Waals surface area contributed by atoms with Crippen LogP contribution in [0.1, 0.15) is 38.0 Å². The largest absolute Gasteiger partial charge is 0.491 e. The number of benzene rings is 2. The van der Waals surface area contributed by atoms with E-state index >= 15 is 0 Å². The zero-order valence-electron chi connectivity index (χ0n) is 22.2. The number of fused-ring (bicyclic) bond motifs is 1. The van der Waals surface area contributed by atoms with E-state index in [9.17, 15) is 13.2 Å². The normalized spacial score (nSPS) is 18.1. The average molecular weight is 559 g/mol. The Morgan fingerprint density at radius 3 is 2.36 bits per heavy atom. The molecule has 8 nitrogen and oxygen atoms in total. The minimum absolute atomic E-state index is 0.0114. The van der Waals surface area contributed by atoms with Crippen LogP contribution in [0.5, 0.6) is 5.75 Å². The van der Waals surface area contributed by atoms with Crippen LogP contribution < -0.4 is 10.5 Å². The fraction of sp³-hybridized carbons (Fsp3) is 0.370. The van der Waals surface area contributed by atoms with Crippen molar-refractivity contribution in [3.8, 4) is 40.0 Å². The summed E-state index contributed by atoms with van der Waals surface area (Å²) in [7, 11) is -2.14. The first kappa shape index (κ1) is 27.1. The van der Waals surface area contributed by atoms with E-state index in [0.717, 1.165) is 5.56 Å². The molecule has 2 unspecified atom stereocenters. The molecule has 2 N–H and O–H groups in total. The SMILES string of the molecule is CC(C)(C)[Si](C)(C)OC1c2ccc(-c3noc(-c4onc(-c5ccccc5)c4C(F)(F)F)n3)cc2OCC1N. The molecular formula is C27H29F3N4O4Si. The molecule has 0 saturated heterocycles. The monoisotopic (exact) mass is 558 g/mol. The highest BCUT2D eigenvalue weighted by molar-refractivity contribution is 6.74. The molecule has 0 bridgehead atoms. The Bertz CT molecular complexity index is 1480. The molecule has 0 radical (unpaired) electrons. The van der Waals surface area contributed by atoms with E-state index in [4.69, 9.17) is 23.9 Å². The molecule has 1 aliphatic rings. The summed E-state index contributed by atoms with van der Waals surface area (Å²) in [5, 5.41) is 7.55. The molecule has 2 aromatic carbocycles. The van der Waals surface area contributed by atoms with E-state index in [1.54, 1.807) is 30.3 Å². The maximum atomic E-state index is 14.1. The van der Waals surface area contributed by atoms with Gasteiger partial charge >= 0.3 is 6.18 Å². The molecule has 206 valence electrons. The fourth-order valence-corrected chi connectivity index (χ4v) is 5.40. The molecular weight excluding hydrogens is 529 g/mol. The standard InChI is InChI=1S/C27H29F3N4O4Si/c1-26(2,3)39(4,5)38-22-17-12-11-16(13-19(17)35-14-18(22)31)24-32-25(37-34-24)23-20(27(28,29)30)21(33-36-23)15-9-7-6-8-10-15/h6-13,18,22H,14,31H2,1-5H3. The zero-order valence-corrected chi connectivity index (χ0v) is 23.2. The third-order valence-corrected chi connectivity index (χ3v) is 11.7. The van der Waals surface area contributed by atoms with Gasteiger partial charge in [0.15, 0.2) is 8.32 Å². The zero-order chi connectivity index (χ0) is 28.2. The van der Waals surface area contributed by atoms with Crippen molar-refractivity contribution in [1.82, 2.24) is 15.3 Å². The Kier molecular flexibility index (Phi) is 6.68. The van der Waals surface area contributed by atoms with Crippen LogP contribution in [0.15, 0.2) is 57.6 Å². The Morgan fingerprint density at radius 2 is 1.69 bits per heavy atom. The Balaban J connectivity index is 1.48. The number of ether oxygens (including phenoxy) is 1. The highest BCUT2D eigenvalue weighted by atomic mass is 28.4. The Hall–Kier alpha value is -3.48. The lowest BCUT2D eigenvalue weighted by Gasteiger charge is -2.42. The van der Waals surface area contributed by atoms with Crippen molar-refractivity contribution in [2.75, 3.05) is 6.61 Å². The van der Waals surface area contributed by atoms with Crippen LogP contribution in [0, 0.1) is 0 Å². The first-order chi connectivity index (χ1) is 18.3. The summed E-state index contributed by atoms with van der Waals surface area (Å²) in [5.41, 5.74) is 6.47. The van der Waals surface area contributed by atoms with Gasteiger partial charge in [0.2, 0.25) is 11.6 Å². The van der Waals surface area contributed by atoms with Crippen LogP contribution in [0.4, 0.5) is 13.2 Å². The van der Waals surface area contributed by atoms with Gasteiger partial charge in [-0.3, -0.25) is 0 Å². The fourth-order valence-electron chi connectivity index (χ4n) is 4.11. The summed E-state index contributed by atoms with van der Waals surface area (Å²) in [5.74, 6) is -0.472. The van der Waals surface area contributed by atoms with Crippen molar-refractivity contribution in [1.29, 1.82) is 0 Å². The van der Waals surface area contributed by atoms with E-state index in [-0.39, 0.29) is 40.9 Å². The molecule has 3 heterocycles. The Labute approximate surface area is 224 Å². The second-order valence-electron chi connectivity index (χ2n) is 11.0. The van der Waals surface area contributed by atoms with Gasteiger partial charge < -0.3 is 23.9 Å². The number of rotatable bonds is 5. The van der Waals surface area contributed by atoms with E-state index in [0.29, 0.717) is 11.3 Å². The molecule has 12 heteroatoms. The lowest BCUT2D eigenvalue weighted by molar-refractivity contribution is -0.136. The van der Waals surface area contributed by atoms with Crippen molar-refractivity contribution in [2.24, 2.45) is 5.73 Å². The first-order valence-electron chi connectivity index (χ1n) is 12.4. The number of nitrogens with zero attached hydrogens (tertiary/aromatic N) is 3. The van der Waals surface area contributed by atoms with Gasteiger partial charge in [-0.15, -0.1) is 0 Å². The quantitative estimate of drug-likeness (QED) is 0.265. The lowest BCUT2D eigenvalue weighted by atomic mass is 9.98. The molecule has 0 saturated carbocycles. The van der Waals surface area contributed by atoms with Gasteiger partial charge in [0.1, 0.15) is 23.6 Å². The van der Waals surface area contributed by atoms with E-state index in [2.05, 4.69) is 49.2 Å². The van der Waals surface area contributed by atoms with E-state index in [1.807, 2.05) is 6.07 Å². The summed E-state index contributed by atoms with van der Waals surface area (Å²) in [6.07, 6.45) is -5.13. The number of halogens is 3. The molecule has 4 aromatic rings. The summed E-state index contributed by atoms with van der Waals surface area (Å²) in [6.45, 7) is 11.0. The summed E-state index contributed by atoms with van der Waals surface area (Å²) >= 11 is 0. The molecule has 5 rings (SSSR count). The maximum absolute atomic E-state index is 14.1. The highest BCUT2D eigenvalue weighted by Gasteiger charge is 2.44. The predicted octanol–water partition coefficient (Wildman–Crippen LogP) is 6.86. The van der Waals surface area contributed by atoms with Crippen LogP contribution in [0.2, 0.25) is 18.1 Å². The van der Waals surface area contributed by atoms with E-state index in [1.165, 1.54) is 12.1 Å². The highest BCUT2D eigenvalue weighted by Crippen LogP contribution is 2.45. The maximum Gasteiger partial charge on any atom is 0.422 e. The minimum atomic E-state index is -4.77. The smallest absolute Gasteiger partial charge is 0.422 e. The topological polar surface area (TPSA) is 109 Å². The van der Waals surface area contributed by atoms with E-state index < -0.39 is 31.7 Å². The molecule has 2 aromatic heterocycles. The van der Waals surface area contributed by atoms with Gasteiger partial charge in [0, 0.05) is 16.7 Å². The van der Waals surface area contributed by atoms with Crippen LogP contribution in [-0.4, -0.2) is 36.3 Å². The van der Waals surface area contributed by atoms with Gasteiger partial charge in [-0.25, -0.2) is 0 Å². The van der Waals surface area contributed by atoms with Gasteiger partial charge in [-0.1, -0.05) is 73.5 Å². The van der Waals surface area contributed by atoms with Crippen molar-refractivity contribution in [3.05, 3.63) is 59.7 Å². The lowest BCUT2D eigenvalue weighted by Crippen LogP contribution is -2.48. The van der Waals surface area contributed by atoms with Crippen molar-refractivity contribution >= 4 is 8.32 Å². The second kappa shape index (κ2) is 9.61. The Morgan fingerprint density at radius 1 is 0.974 bits per heavy atom. The van der Waals surface area contributed by atoms with Crippen LogP contribution in [0.3, 0.4) is 0 Å². The molecule has 0 fully saturated rings. The van der Waals surface area contributed by atoms with Gasteiger partial charge in [-0.05, 0) is 24.2 Å². The number of alkyl halides is 3.